The fourth-order valence-electron chi connectivity index (χ4n) is 2.87. The molecule has 24 heavy (non-hydrogen) atoms. The lowest BCUT2D eigenvalue weighted by atomic mass is 10.1. The number of pyridine rings is 1. The number of nitrogens with zero attached hydrogens (tertiary/aromatic N) is 3. The zero-order chi connectivity index (χ0) is 16.9. The van der Waals surface area contributed by atoms with Crippen LogP contribution in [0.3, 0.4) is 0 Å². The Hall–Kier alpha value is -2.21. The normalized spacial score (nSPS) is 14.6. The highest BCUT2D eigenvalue weighted by Gasteiger charge is 2.24. The molecule has 2 heterocycles. The summed E-state index contributed by atoms with van der Waals surface area (Å²) in [6, 6.07) is 9.75. The van der Waals surface area contributed by atoms with E-state index in [1.165, 1.54) is 0 Å². The Morgan fingerprint density at radius 1 is 1.12 bits per heavy atom. The highest BCUT2D eigenvalue weighted by molar-refractivity contribution is 7.98. The molecule has 1 aromatic heterocycles. The van der Waals surface area contributed by atoms with Gasteiger partial charge in [-0.25, -0.2) is 0 Å². The summed E-state index contributed by atoms with van der Waals surface area (Å²) in [7, 11) is 1.61. The van der Waals surface area contributed by atoms with Gasteiger partial charge < -0.3 is 14.5 Å². The van der Waals surface area contributed by atoms with Crippen molar-refractivity contribution in [1.29, 1.82) is 0 Å². The highest BCUT2D eigenvalue weighted by Crippen LogP contribution is 2.27. The van der Waals surface area contributed by atoms with Gasteiger partial charge in [-0.1, -0.05) is 0 Å². The average Bonchev–Trinajstić information content (AvgIpc) is 2.67. The van der Waals surface area contributed by atoms with Crippen LogP contribution in [0.15, 0.2) is 47.6 Å². The molecule has 0 unspecified atom stereocenters. The smallest absolute Gasteiger partial charge is 0.257 e. The Morgan fingerprint density at radius 3 is 2.46 bits per heavy atom. The maximum atomic E-state index is 12.8. The van der Waals surface area contributed by atoms with Gasteiger partial charge in [0, 0.05) is 49.2 Å². The minimum Gasteiger partial charge on any atom is -0.496 e. The number of ether oxygens (including phenoxy) is 1. The summed E-state index contributed by atoms with van der Waals surface area (Å²) in [5.41, 5.74) is 1.78. The minimum absolute atomic E-state index is 0.0360. The van der Waals surface area contributed by atoms with E-state index in [2.05, 4.69) is 9.88 Å². The second-order valence-corrected chi connectivity index (χ2v) is 6.43. The third kappa shape index (κ3) is 3.48. The second kappa shape index (κ2) is 7.57. The van der Waals surface area contributed by atoms with E-state index in [0.29, 0.717) is 24.4 Å². The number of piperazine rings is 1. The fraction of sp³-hybridized carbons (Fsp3) is 0.333. The number of carbonyl (C=O) groups is 1. The summed E-state index contributed by atoms with van der Waals surface area (Å²) in [6.07, 6.45) is 5.60. The number of thioether (sulfide) groups is 1. The van der Waals surface area contributed by atoms with Crippen molar-refractivity contribution in [1.82, 2.24) is 9.88 Å². The quantitative estimate of drug-likeness (QED) is 0.799. The van der Waals surface area contributed by atoms with Gasteiger partial charge in [0.15, 0.2) is 0 Å². The van der Waals surface area contributed by atoms with Crippen molar-refractivity contribution in [2.24, 2.45) is 0 Å². The van der Waals surface area contributed by atoms with Crippen LogP contribution in [0.4, 0.5) is 5.69 Å². The maximum Gasteiger partial charge on any atom is 0.257 e. The summed E-state index contributed by atoms with van der Waals surface area (Å²) in [5.74, 6) is 0.678. The van der Waals surface area contributed by atoms with E-state index < -0.39 is 0 Å². The maximum absolute atomic E-state index is 12.8. The highest BCUT2D eigenvalue weighted by atomic mass is 32.2. The molecule has 0 bridgehead atoms. The molecule has 2 aromatic rings. The van der Waals surface area contributed by atoms with Crippen LogP contribution in [0.2, 0.25) is 0 Å². The molecule has 1 aromatic carbocycles. The van der Waals surface area contributed by atoms with Crippen LogP contribution in [-0.4, -0.2) is 55.3 Å². The number of aromatic nitrogens is 1. The van der Waals surface area contributed by atoms with Gasteiger partial charge in [-0.3, -0.25) is 9.78 Å². The minimum atomic E-state index is 0.0360. The van der Waals surface area contributed by atoms with Gasteiger partial charge in [0.1, 0.15) is 5.75 Å². The molecule has 1 amide bonds. The van der Waals surface area contributed by atoms with E-state index in [-0.39, 0.29) is 5.91 Å². The molecule has 0 N–H and O–H groups in total. The number of anilines is 1. The number of carbonyl (C=O) groups excluding carboxylic acids is 1. The summed E-state index contributed by atoms with van der Waals surface area (Å²) >= 11 is 1.64. The third-order valence-corrected chi connectivity index (χ3v) is 4.96. The molecule has 1 aliphatic rings. The molecule has 0 spiro atoms. The van der Waals surface area contributed by atoms with Crippen LogP contribution in [0, 0.1) is 0 Å². The Kier molecular flexibility index (Phi) is 5.25. The first-order valence-electron chi connectivity index (χ1n) is 7.89. The molecule has 0 aliphatic carbocycles. The van der Waals surface area contributed by atoms with E-state index >= 15 is 0 Å². The molecule has 6 heteroatoms. The topological polar surface area (TPSA) is 45.7 Å². The van der Waals surface area contributed by atoms with Gasteiger partial charge in [-0.2, -0.15) is 0 Å². The SMILES string of the molecule is COc1cc(SC)ccc1C(=O)N1CCN(c2ccncc2)CC1. The number of hydrogen-bond donors (Lipinski definition) is 0. The molecule has 0 radical (unpaired) electrons. The third-order valence-electron chi connectivity index (χ3n) is 4.23. The average molecular weight is 343 g/mol. The monoisotopic (exact) mass is 343 g/mol. The largest absolute Gasteiger partial charge is 0.496 e. The van der Waals surface area contributed by atoms with E-state index in [9.17, 15) is 4.79 Å². The van der Waals surface area contributed by atoms with Crippen molar-refractivity contribution in [3.05, 3.63) is 48.3 Å². The van der Waals surface area contributed by atoms with Crippen molar-refractivity contribution >= 4 is 23.4 Å². The molecular formula is C18H21N3O2S. The summed E-state index contributed by atoms with van der Waals surface area (Å²) in [5, 5.41) is 0. The predicted molar refractivity (Wildman–Crippen MR) is 97.1 cm³/mol. The van der Waals surface area contributed by atoms with Gasteiger partial charge in [0.05, 0.1) is 12.7 Å². The van der Waals surface area contributed by atoms with E-state index in [0.717, 1.165) is 23.7 Å². The standard InChI is InChI=1S/C18H21N3O2S/c1-23-17-13-15(24-2)3-4-16(17)18(22)21-11-9-20(10-12-21)14-5-7-19-8-6-14/h3-8,13H,9-12H2,1-2H3. The lowest BCUT2D eigenvalue weighted by molar-refractivity contribution is 0.0743. The zero-order valence-corrected chi connectivity index (χ0v) is 14.8. The summed E-state index contributed by atoms with van der Waals surface area (Å²) in [4.78, 5) is 22.1. The number of hydrogen-bond acceptors (Lipinski definition) is 5. The zero-order valence-electron chi connectivity index (χ0n) is 13.9. The van der Waals surface area contributed by atoms with Crippen LogP contribution < -0.4 is 9.64 Å². The van der Waals surface area contributed by atoms with E-state index in [1.807, 2.05) is 41.5 Å². The van der Waals surface area contributed by atoms with Crippen molar-refractivity contribution in [2.45, 2.75) is 4.90 Å². The van der Waals surface area contributed by atoms with Crippen molar-refractivity contribution in [3.8, 4) is 5.75 Å². The summed E-state index contributed by atoms with van der Waals surface area (Å²) < 4.78 is 5.41. The van der Waals surface area contributed by atoms with Crippen LogP contribution in [0.25, 0.3) is 0 Å². The lowest BCUT2D eigenvalue weighted by Crippen LogP contribution is -2.48. The molecule has 3 rings (SSSR count). The molecule has 5 nitrogen and oxygen atoms in total. The number of benzene rings is 1. The molecule has 1 fully saturated rings. The molecule has 1 saturated heterocycles. The Morgan fingerprint density at radius 2 is 1.83 bits per heavy atom. The molecule has 0 saturated carbocycles. The Bertz CT molecular complexity index is 701. The second-order valence-electron chi connectivity index (χ2n) is 5.55. The van der Waals surface area contributed by atoms with Gasteiger partial charge in [-0.05, 0) is 36.6 Å². The number of methoxy groups -OCH3 is 1. The van der Waals surface area contributed by atoms with E-state index in [1.54, 1.807) is 31.3 Å². The van der Waals surface area contributed by atoms with Crippen LogP contribution in [0.5, 0.6) is 5.75 Å². The van der Waals surface area contributed by atoms with Crippen LogP contribution in [0.1, 0.15) is 10.4 Å². The van der Waals surface area contributed by atoms with Crippen molar-refractivity contribution in [3.63, 3.8) is 0 Å². The lowest BCUT2D eigenvalue weighted by Gasteiger charge is -2.36. The van der Waals surface area contributed by atoms with Crippen LogP contribution in [-0.2, 0) is 0 Å². The molecule has 126 valence electrons. The van der Waals surface area contributed by atoms with Crippen molar-refractivity contribution in [2.75, 3.05) is 44.4 Å². The molecule has 0 atom stereocenters. The fourth-order valence-corrected chi connectivity index (χ4v) is 3.30. The Balaban J connectivity index is 1.69. The van der Waals surface area contributed by atoms with Gasteiger partial charge >= 0.3 is 0 Å². The van der Waals surface area contributed by atoms with Gasteiger partial charge in [-0.15, -0.1) is 11.8 Å². The van der Waals surface area contributed by atoms with Gasteiger partial charge in [0.2, 0.25) is 0 Å². The summed E-state index contributed by atoms with van der Waals surface area (Å²) in [6.45, 7) is 3.05. The first-order chi connectivity index (χ1) is 11.7. The van der Waals surface area contributed by atoms with Gasteiger partial charge in [0.25, 0.3) is 5.91 Å². The molecular weight excluding hydrogens is 322 g/mol. The van der Waals surface area contributed by atoms with Crippen molar-refractivity contribution < 1.29 is 9.53 Å². The number of amides is 1. The predicted octanol–water partition coefficient (Wildman–Crippen LogP) is 2.77. The Labute approximate surface area is 146 Å². The van der Waals surface area contributed by atoms with E-state index in [4.69, 9.17) is 4.74 Å². The van der Waals surface area contributed by atoms with Crippen LogP contribution >= 0.6 is 11.8 Å². The molecule has 1 aliphatic heterocycles. The first-order valence-corrected chi connectivity index (χ1v) is 9.11. The first kappa shape index (κ1) is 16.6. The number of rotatable bonds is 4.